The van der Waals surface area contributed by atoms with Crippen LogP contribution in [0.3, 0.4) is 0 Å². The number of aromatic nitrogens is 2. The van der Waals surface area contributed by atoms with Gasteiger partial charge in [-0.05, 0) is 74.2 Å². The summed E-state index contributed by atoms with van der Waals surface area (Å²) in [5, 5.41) is 20.3. The topological polar surface area (TPSA) is 113 Å². The Morgan fingerprint density at radius 3 is 2.45 bits per heavy atom. The summed E-state index contributed by atoms with van der Waals surface area (Å²) in [6, 6.07) is 9.19. The highest BCUT2D eigenvalue weighted by Gasteiger charge is 2.55. The molecule has 1 aliphatic heterocycles. The monoisotopic (exact) mass is 612 g/mol. The number of benzene rings is 1. The number of hydrogen-bond donors (Lipinski definition) is 3. The van der Waals surface area contributed by atoms with Crippen LogP contribution in [0.25, 0.3) is 0 Å². The van der Waals surface area contributed by atoms with Crippen LogP contribution in [0, 0.1) is 34.5 Å². The summed E-state index contributed by atoms with van der Waals surface area (Å²) in [5.41, 5.74) is 0.818. The van der Waals surface area contributed by atoms with E-state index in [4.69, 9.17) is 9.47 Å². The van der Waals surface area contributed by atoms with Gasteiger partial charge in [0.1, 0.15) is 23.2 Å². The van der Waals surface area contributed by atoms with Gasteiger partial charge in [0.25, 0.3) is 0 Å². The molecule has 4 bridgehead atoms. The Morgan fingerprint density at radius 1 is 1.02 bits per heavy atom. The van der Waals surface area contributed by atoms with Crippen LogP contribution in [0.5, 0.6) is 5.75 Å². The third-order valence-corrected chi connectivity index (χ3v) is 10.6. The number of para-hydroxylation sites is 1. The van der Waals surface area contributed by atoms with Crippen molar-refractivity contribution >= 4 is 11.8 Å². The summed E-state index contributed by atoms with van der Waals surface area (Å²) in [4.78, 5) is 8.77. The second-order valence-corrected chi connectivity index (χ2v) is 13.5. The van der Waals surface area contributed by atoms with Gasteiger partial charge in [-0.2, -0.15) is 10.2 Å². The van der Waals surface area contributed by atoms with Crippen LogP contribution in [-0.4, -0.2) is 54.0 Å². The number of rotatable bonds is 9. The average Bonchev–Trinajstić information content (AvgIpc) is 3.45. The van der Waals surface area contributed by atoms with E-state index in [9.17, 15) is 18.4 Å². The molecule has 9 nitrogen and oxygen atoms in total. The molecule has 0 amide bonds. The van der Waals surface area contributed by atoms with Gasteiger partial charge in [-0.25, -0.2) is 4.98 Å². The predicted octanol–water partition coefficient (Wildman–Crippen LogP) is 5.74. The summed E-state index contributed by atoms with van der Waals surface area (Å²) >= 11 is 0. The van der Waals surface area contributed by atoms with E-state index >= 15 is 0 Å². The highest BCUT2D eigenvalue weighted by molar-refractivity contribution is 5.53. The minimum atomic E-state index is -4.79. The van der Waals surface area contributed by atoms with E-state index in [-0.39, 0.29) is 29.4 Å². The number of hydrogen-bond acceptors (Lipinski definition) is 9. The van der Waals surface area contributed by atoms with Crippen LogP contribution in [0.1, 0.15) is 68.9 Å². The summed E-state index contributed by atoms with van der Waals surface area (Å²) < 4.78 is 54.5. The van der Waals surface area contributed by atoms with Gasteiger partial charge in [0, 0.05) is 43.6 Å². The summed E-state index contributed by atoms with van der Waals surface area (Å²) in [6.45, 7) is 2.18. The Kier molecular flexibility index (Phi) is 7.83. The van der Waals surface area contributed by atoms with Crippen LogP contribution < -0.4 is 20.7 Å². The van der Waals surface area contributed by atoms with E-state index in [1.54, 1.807) is 12.1 Å². The summed E-state index contributed by atoms with van der Waals surface area (Å²) in [7, 11) is 0. The molecule has 6 fully saturated rings. The third kappa shape index (κ3) is 6.19. The van der Waals surface area contributed by atoms with Crippen molar-refractivity contribution in [2.24, 2.45) is 23.2 Å². The molecule has 1 aromatic heterocycles. The van der Waals surface area contributed by atoms with Crippen molar-refractivity contribution in [2.45, 2.75) is 88.6 Å². The lowest BCUT2D eigenvalue weighted by Crippen LogP contribution is -2.61. The molecule has 3 N–H and O–H groups in total. The Balaban J connectivity index is 0.977. The predicted molar refractivity (Wildman–Crippen MR) is 155 cm³/mol. The van der Waals surface area contributed by atoms with Gasteiger partial charge in [-0.3, -0.25) is 0 Å². The second kappa shape index (κ2) is 11.7. The number of ether oxygens (including phenoxy) is 3. The molecule has 12 heteroatoms. The Hall–Kier alpha value is -3.14. The maximum absolute atomic E-state index is 12.8. The first-order chi connectivity index (χ1) is 21.2. The molecule has 2 heterocycles. The molecule has 5 aliphatic carbocycles. The van der Waals surface area contributed by atoms with Crippen molar-refractivity contribution in [1.82, 2.24) is 15.3 Å². The maximum Gasteiger partial charge on any atom is 0.573 e. The second-order valence-electron chi connectivity index (χ2n) is 13.5. The summed E-state index contributed by atoms with van der Waals surface area (Å²) in [6.07, 6.45) is 6.84. The molecule has 3 unspecified atom stereocenters. The van der Waals surface area contributed by atoms with Crippen molar-refractivity contribution in [3.63, 3.8) is 0 Å². The number of anilines is 2. The third-order valence-electron chi connectivity index (χ3n) is 10.6. The van der Waals surface area contributed by atoms with Crippen molar-refractivity contribution in [2.75, 3.05) is 30.4 Å². The first-order valence-electron chi connectivity index (χ1n) is 15.8. The van der Waals surface area contributed by atoms with Crippen molar-refractivity contribution in [3.8, 4) is 11.8 Å². The molecule has 5 saturated carbocycles. The smallest absolute Gasteiger partial charge is 0.405 e. The fourth-order valence-corrected chi connectivity index (χ4v) is 8.97. The molecular weight excluding hydrogens is 573 g/mol. The minimum absolute atomic E-state index is 0.0307. The van der Waals surface area contributed by atoms with E-state index in [0.29, 0.717) is 54.1 Å². The van der Waals surface area contributed by atoms with Gasteiger partial charge < -0.3 is 30.2 Å². The van der Waals surface area contributed by atoms with Gasteiger partial charge in [0.2, 0.25) is 5.95 Å². The van der Waals surface area contributed by atoms with Gasteiger partial charge in [-0.15, -0.1) is 13.2 Å². The molecule has 5 atom stereocenters. The molecule has 1 saturated heterocycles. The molecule has 6 aliphatic rings. The van der Waals surface area contributed by atoms with Crippen LogP contribution in [0.15, 0.2) is 30.5 Å². The first kappa shape index (κ1) is 29.6. The van der Waals surface area contributed by atoms with E-state index in [2.05, 4.69) is 36.7 Å². The Bertz CT molecular complexity index is 1370. The zero-order valence-electron chi connectivity index (χ0n) is 24.7. The van der Waals surface area contributed by atoms with E-state index < -0.39 is 6.36 Å². The largest absolute Gasteiger partial charge is 0.573 e. The molecule has 8 rings (SSSR count). The quantitative estimate of drug-likeness (QED) is 0.326. The number of nitriles is 1. The van der Waals surface area contributed by atoms with Gasteiger partial charge in [-0.1, -0.05) is 18.2 Å². The van der Waals surface area contributed by atoms with Gasteiger partial charge in [0.15, 0.2) is 5.79 Å². The van der Waals surface area contributed by atoms with E-state index in [0.717, 1.165) is 51.0 Å². The zero-order valence-corrected chi connectivity index (χ0v) is 24.7. The van der Waals surface area contributed by atoms with E-state index in [1.165, 1.54) is 37.6 Å². The van der Waals surface area contributed by atoms with Gasteiger partial charge >= 0.3 is 6.36 Å². The lowest BCUT2D eigenvalue weighted by atomic mass is 9.47. The van der Waals surface area contributed by atoms with Crippen LogP contribution >= 0.6 is 0 Å². The Morgan fingerprint density at radius 2 is 1.75 bits per heavy atom. The Labute approximate surface area is 255 Å². The highest BCUT2D eigenvalue weighted by atomic mass is 19.4. The average molecular weight is 613 g/mol. The molecule has 1 aromatic carbocycles. The lowest BCUT2D eigenvalue weighted by Gasteiger charge is -2.61. The maximum atomic E-state index is 12.8. The van der Waals surface area contributed by atoms with Crippen molar-refractivity contribution in [3.05, 3.63) is 41.6 Å². The minimum Gasteiger partial charge on any atom is -0.405 e. The molecule has 1 spiro atoms. The fourth-order valence-electron chi connectivity index (χ4n) is 8.97. The van der Waals surface area contributed by atoms with Crippen molar-refractivity contribution < 1.29 is 27.4 Å². The molecule has 0 radical (unpaired) electrons. The van der Waals surface area contributed by atoms with Crippen LogP contribution in [0.2, 0.25) is 0 Å². The number of nitrogens with one attached hydrogen (secondary N) is 3. The fraction of sp³-hybridized carbons (Fsp3) is 0.656. The molecule has 44 heavy (non-hydrogen) atoms. The number of nitrogens with zero attached hydrogens (tertiary/aromatic N) is 3. The first-order valence-corrected chi connectivity index (χ1v) is 15.8. The van der Waals surface area contributed by atoms with Crippen LogP contribution in [0.4, 0.5) is 24.9 Å². The van der Waals surface area contributed by atoms with E-state index in [1.807, 2.05) is 0 Å². The summed E-state index contributed by atoms with van der Waals surface area (Å²) in [5.74, 6) is 2.10. The lowest BCUT2D eigenvalue weighted by molar-refractivity contribution is -0.274. The number of halogens is 3. The van der Waals surface area contributed by atoms with Crippen molar-refractivity contribution in [1.29, 1.82) is 5.26 Å². The number of alkyl halides is 3. The zero-order chi connectivity index (χ0) is 30.4. The molecular formula is C32H39F3N6O3. The van der Waals surface area contributed by atoms with Gasteiger partial charge in [0.05, 0.1) is 19.4 Å². The molecule has 236 valence electrons. The SMILES string of the molecule is N#Cc1cnc(NCc2ccccc2OC(F)(F)F)nc1NCC12CC3C[C@H](C1)C(NC1CCC4(CC1)OCCO4)[C@@H](C3)C2. The van der Waals surface area contributed by atoms with Crippen LogP contribution in [-0.2, 0) is 16.0 Å². The molecule has 2 aromatic rings. The standard InChI is InChI=1S/C32H39F3N6O3/c33-32(34,35)44-26-4-2-1-3-21(26)17-37-29-38-18-24(16-36)28(41-29)39-19-30-13-20-11-22(14-30)27(23(12-20)15-30)40-25-5-7-31(8-6-25)42-9-10-43-31/h1-4,18,20,22-23,25,27,40H,5-15,17,19H2,(H2,37,38,39,41)/t20?,22-,23+,27?,30?. The highest BCUT2D eigenvalue weighted by Crippen LogP contribution is 2.60. The normalized spacial score (nSPS) is 30.8.